The lowest BCUT2D eigenvalue weighted by atomic mass is 9.82. The summed E-state index contributed by atoms with van der Waals surface area (Å²) in [5, 5.41) is 10.1. The standard InChI is InChI=1S/C31H43N5O14S/c1-14(37)44-13-19-21(46-15(2)38)22(47-16(3)39)23(48-17(4)40)25(49-19)35-11-18(33-34-35)12-45-27(42)31(10)30(8,9)51-26-20(24(41)36(26)31)32-28(43)50-29(5,6)7/h11,19-23,25-26H,12-13H2,1-10H3,(H,32,43)/t19-,20-,21-,22+,23-,25-,26-,31+/m1/s1. The largest absolute Gasteiger partial charge is 0.463 e. The van der Waals surface area contributed by atoms with Crippen LogP contribution in [0.25, 0.3) is 0 Å². The van der Waals surface area contributed by atoms with Crippen LogP contribution >= 0.6 is 11.8 Å². The first-order valence-corrected chi connectivity index (χ1v) is 16.8. The Morgan fingerprint density at radius 3 is 2.06 bits per heavy atom. The second-order valence-electron chi connectivity index (χ2n) is 13.8. The molecule has 0 saturated carbocycles. The van der Waals surface area contributed by atoms with Crippen LogP contribution in [0.1, 0.15) is 81.2 Å². The number of β-lactam (4-membered cyclic amide) rings is 1. The van der Waals surface area contributed by atoms with Gasteiger partial charge in [-0.15, -0.1) is 16.9 Å². The van der Waals surface area contributed by atoms with Crippen molar-refractivity contribution in [3.8, 4) is 0 Å². The van der Waals surface area contributed by atoms with Crippen molar-refractivity contribution in [3.05, 3.63) is 11.9 Å². The van der Waals surface area contributed by atoms with Gasteiger partial charge in [0.25, 0.3) is 0 Å². The van der Waals surface area contributed by atoms with Gasteiger partial charge in [0.15, 0.2) is 30.1 Å². The number of nitrogens with one attached hydrogen (secondary N) is 1. The average molecular weight is 742 g/mol. The number of amides is 2. The lowest BCUT2D eigenvalue weighted by molar-refractivity contribution is -0.270. The number of carbonyl (C=O) groups is 7. The van der Waals surface area contributed by atoms with E-state index in [0.29, 0.717) is 0 Å². The van der Waals surface area contributed by atoms with E-state index in [-0.39, 0.29) is 5.69 Å². The highest BCUT2D eigenvalue weighted by Gasteiger charge is 2.71. The van der Waals surface area contributed by atoms with Crippen molar-refractivity contribution in [2.75, 3.05) is 6.61 Å². The van der Waals surface area contributed by atoms with E-state index in [9.17, 15) is 33.6 Å². The highest BCUT2D eigenvalue weighted by atomic mass is 32.2. The Hall–Kier alpha value is -4.46. The first-order chi connectivity index (χ1) is 23.6. The van der Waals surface area contributed by atoms with E-state index in [2.05, 4.69) is 15.6 Å². The van der Waals surface area contributed by atoms with Crippen molar-refractivity contribution >= 4 is 53.6 Å². The van der Waals surface area contributed by atoms with Crippen LogP contribution in [0.3, 0.4) is 0 Å². The second kappa shape index (κ2) is 14.6. The zero-order valence-electron chi connectivity index (χ0n) is 29.9. The third-order valence-corrected chi connectivity index (χ3v) is 10.0. The molecule has 51 heavy (non-hydrogen) atoms. The maximum atomic E-state index is 13.7. The molecule has 0 aliphatic carbocycles. The smallest absolute Gasteiger partial charge is 0.408 e. The summed E-state index contributed by atoms with van der Waals surface area (Å²) in [6, 6.07) is -0.903. The lowest BCUT2D eigenvalue weighted by Gasteiger charge is -2.48. The van der Waals surface area contributed by atoms with E-state index in [0.717, 1.165) is 32.4 Å². The van der Waals surface area contributed by atoms with Crippen LogP contribution in [-0.2, 0) is 68.5 Å². The minimum absolute atomic E-state index is 0.110. The molecule has 4 heterocycles. The number of thioether (sulfide) groups is 1. The minimum atomic E-state index is -1.44. The predicted molar refractivity (Wildman–Crippen MR) is 171 cm³/mol. The van der Waals surface area contributed by atoms with Crippen molar-refractivity contribution in [2.45, 2.75) is 134 Å². The molecular weight excluding hydrogens is 698 g/mol. The molecule has 0 spiro atoms. The lowest BCUT2D eigenvalue weighted by Crippen LogP contribution is -2.75. The van der Waals surface area contributed by atoms with Gasteiger partial charge >= 0.3 is 35.9 Å². The van der Waals surface area contributed by atoms with E-state index in [1.54, 1.807) is 41.5 Å². The first-order valence-electron chi connectivity index (χ1n) is 15.9. The molecule has 19 nitrogen and oxygen atoms in total. The summed E-state index contributed by atoms with van der Waals surface area (Å²) in [6.07, 6.45) is -6.25. The quantitative estimate of drug-likeness (QED) is 0.200. The maximum Gasteiger partial charge on any atom is 0.408 e. The Bertz CT molecular complexity index is 1580. The number of esters is 5. The van der Waals surface area contributed by atoms with Crippen LogP contribution in [0.5, 0.6) is 0 Å². The molecule has 8 atom stereocenters. The summed E-state index contributed by atoms with van der Waals surface area (Å²) >= 11 is 1.33. The molecule has 0 aromatic carbocycles. The number of ether oxygens (including phenoxy) is 7. The summed E-state index contributed by atoms with van der Waals surface area (Å²) in [5.74, 6) is -4.27. The number of aromatic nitrogens is 3. The zero-order chi connectivity index (χ0) is 38.2. The number of carbonyl (C=O) groups excluding carboxylic acids is 7. The fraction of sp³-hybridized carbons (Fsp3) is 0.710. The van der Waals surface area contributed by atoms with E-state index >= 15 is 0 Å². The Kier molecular flexibility index (Phi) is 11.3. The summed E-state index contributed by atoms with van der Waals surface area (Å²) < 4.78 is 38.7. The number of hydrogen-bond acceptors (Lipinski definition) is 17. The molecule has 3 aliphatic rings. The molecule has 0 radical (unpaired) electrons. The van der Waals surface area contributed by atoms with E-state index in [4.69, 9.17) is 33.2 Å². The fourth-order valence-electron chi connectivity index (χ4n) is 5.88. The molecule has 1 N–H and O–H groups in total. The molecule has 1 aromatic rings. The van der Waals surface area contributed by atoms with Gasteiger partial charge in [0.2, 0.25) is 5.91 Å². The monoisotopic (exact) mass is 741 g/mol. The zero-order valence-corrected chi connectivity index (χ0v) is 30.8. The van der Waals surface area contributed by atoms with Gasteiger partial charge in [-0.2, -0.15) is 0 Å². The van der Waals surface area contributed by atoms with E-state index in [1.807, 2.05) is 0 Å². The van der Waals surface area contributed by atoms with Crippen LogP contribution < -0.4 is 5.32 Å². The summed E-state index contributed by atoms with van der Waals surface area (Å²) in [7, 11) is 0. The topological polar surface area (TPSA) is 230 Å². The molecular formula is C31H43N5O14S. The Labute approximate surface area is 297 Å². The van der Waals surface area contributed by atoms with Gasteiger partial charge in [-0.05, 0) is 41.5 Å². The van der Waals surface area contributed by atoms with Crippen molar-refractivity contribution in [3.63, 3.8) is 0 Å². The first kappa shape index (κ1) is 39.3. The third kappa shape index (κ3) is 8.37. The van der Waals surface area contributed by atoms with Crippen molar-refractivity contribution < 1.29 is 66.7 Å². The van der Waals surface area contributed by atoms with Gasteiger partial charge in [0.05, 0.1) is 6.20 Å². The van der Waals surface area contributed by atoms with Gasteiger partial charge < -0.3 is 43.4 Å². The molecule has 20 heteroatoms. The molecule has 0 bridgehead atoms. The summed E-state index contributed by atoms with van der Waals surface area (Å²) in [5.41, 5.74) is -2.11. The molecule has 4 rings (SSSR count). The van der Waals surface area contributed by atoms with Crippen LogP contribution in [0.15, 0.2) is 6.20 Å². The highest BCUT2D eigenvalue weighted by Crippen LogP contribution is 2.57. The fourth-order valence-corrected chi connectivity index (χ4v) is 7.64. The Morgan fingerprint density at radius 2 is 1.49 bits per heavy atom. The highest BCUT2D eigenvalue weighted by molar-refractivity contribution is 8.01. The van der Waals surface area contributed by atoms with Gasteiger partial charge in [0, 0.05) is 32.4 Å². The minimum Gasteiger partial charge on any atom is -0.463 e. The Balaban J connectivity index is 1.54. The average Bonchev–Trinajstić information content (AvgIpc) is 3.53. The summed E-state index contributed by atoms with van der Waals surface area (Å²) in [4.78, 5) is 88.7. The normalized spacial score (nSPS) is 29.5. The Morgan fingerprint density at radius 1 is 0.902 bits per heavy atom. The van der Waals surface area contributed by atoms with Crippen molar-refractivity contribution in [1.82, 2.24) is 25.2 Å². The number of rotatable bonds is 10. The van der Waals surface area contributed by atoms with Crippen LogP contribution in [0.4, 0.5) is 4.79 Å². The number of hydrogen-bond donors (Lipinski definition) is 1. The second-order valence-corrected chi connectivity index (χ2v) is 15.5. The van der Waals surface area contributed by atoms with Gasteiger partial charge in [-0.1, -0.05) is 5.21 Å². The van der Waals surface area contributed by atoms with Crippen molar-refractivity contribution in [1.29, 1.82) is 0 Å². The number of nitrogens with zero attached hydrogens (tertiary/aromatic N) is 4. The third-order valence-electron chi connectivity index (χ3n) is 8.32. The molecule has 3 fully saturated rings. The van der Waals surface area contributed by atoms with Crippen LogP contribution in [0.2, 0.25) is 0 Å². The molecule has 3 saturated heterocycles. The number of alkyl carbamates (subject to hydrolysis) is 1. The number of fused-ring (bicyclic) bond motifs is 1. The van der Waals surface area contributed by atoms with Crippen molar-refractivity contribution in [2.24, 2.45) is 0 Å². The molecule has 0 unspecified atom stereocenters. The summed E-state index contributed by atoms with van der Waals surface area (Å²) in [6.45, 7) is 13.9. The van der Waals surface area contributed by atoms with Gasteiger partial charge in [-0.25, -0.2) is 14.3 Å². The predicted octanol–water partition coefficient (Wildman–Crippen LogP) is 0.923. The van der Waals surface area contributed by atoms with Crippen LogP contribution in [0, 0.1) is 0 Å². The van der Waals surface area contributed by atoms with Gasteiger partial charge in [0.1, 0.15) is 42.0 Å². The SMILES string of the molecule is CC(=O)OC[C@H]1O[C@@H](n2cc(COC(=O)[C@]3(C)N4C(=O)[C@@H](NC(=O)OC(C)(C)C)[C@H]4SC3(C)C)nn2)[C@H](OC(C)=O)[C@@H](OC(C)=O)[C@@H]1OC(C)=O. The molecule has 282 valence electrons. The van der Waals surface area contributed by atoms with Gasteiger partial charge in [-0.3, -0.25) is 24.0 Å². The molecule has 3 aliphatic heterocycles. The molecule has 2 amide bonds. The van der Waals surface area contributed by atoms with Crippen LogP contribution in [-0.4, -0.2) is 120 Å². The maximum absolute atomic E-state index is 13.7. The van der Waals surface area contributed by atoms with E-state index in [1.165, 1.54) is 22.9 Å². The van der Waals surface area contributed by atoms with E-state index < -0.39 is 113 Å². The molecule has 1 aromatic heterocycles.